The van der Waals surface area contributed by atoms with Crippen molar-refractivity contribution in [2.75, 3.05) is 0 Å². The van der Waals surface area contributed by atoms with Crippen molar-refractivity contribution in [3.8, 4) is 0 Å². The normalized spacial score (nSPS) is 46.9. The van der Waals surface area contributed by atoms with E-state index in [1.54, 1.807) is 19.1 Å². The van der Waals surface area contributed by atoms with Crippen LogP contribution >= 0.6 is 35.6 Å². The Hall–Kier alpha value is 0.530. The molecular weight excluding hydrogens is 220 g/mol. The molecule has 0 saturated carbocycles. The van der Waals surface area contributed by atoms with Crippen LogP contribution in [-0.4, -0.2) is 21.1 Å². The third-order valence-electron chi connectivity index (χ3n) is 1.76. The van der Waals surface area contributed by atoms with Gasteiger partial charge in [0.15, 0.2) is 5.06 Å². The molecular formula is C7H12Cl3NO. The predicted octanol–water partition coefficient (Wildman–Crippen LogP) is 1.62. The molecule has 0 aromatic rings. The lowest BCUT2D eigenvalue weighted by Gasteiger charge is -2.35. The van der Waals surface area contributed by atoms with Gasteiger partial charge in [0.1, 0.15) is 0 Å². The Bertz CT molecular complexity index is 191. The first-order valence-corrected chi connectivity index (χ1v) is 4.14. The van der Waals surface area contributed by atoms with Crippen molar-refractivity contribution >= 4 is 35.6 Å². The van der Waals surface area contributed by atoms with E-state index in [-0.39, 0.29) is 18.8 Å². The Morgan fingerprint density at radius 2 is 2.08 bits per heavy atom. The molecule has 72 valence electrons. The van der Waals surface area contributed by atoms with Gasteiger partial charge in [0.25, 0.3) is 0 Å². The zero-order chi connectivity index (χ0) is 8.70. The van der Waals surface area contributed by atoms with Gasteiger partial charge in [-0.1, -0.05) is 23.8 Å². The molecule has 5 heteroatoms. The monoisotopic (exact) mass is 231 g/mol. The number of nitrogens with two attached hydrogens (primary N) is 1. The van der Waals surface area contributed by atoms with E-state index in [0.717, 1.165) is 0 Å². The van der Waals surface area contributed by atoms with Crippen molar-refractivity contribution in [2.24, 2.45) is 5.73 Å². The van der Waals surface area contributed by atoms with Gasteiger partial charge in [-0.15, -0.1) is 24.0 Å². The molecule has 0 spiro atoms. The Morgan fingerprint density at radius 1 is 1.58 bits per heavy atom. The fourth-order valence-electron chi connectivity index (χ4n) is 1.11. The van der Waals surface area contributed by atoms with Crippen LogP contribution in [-0.2, 0) is 0 Å². The molecule has 1 aliphatic carbocycles. The molecule has 0 radical (unpaired) electrons. The second-order valence-electron chi connectivity index (χ2n) is 3.16. The van der Waals surface area contributed by atoms with Gasteiger partial charge in [-0.3, -0.25) is 0 Å². The Balaban J connectivity index is 0.00000121. The van der Waals surface area contributed by atoms with Crippen LogP contribution in [0.4, 0.5) is 0 Å². The van der Waals surface area contributed by atoms with Gasteiger partial charge >= 0.3 is 0 Å². The summed E-state index contributed by atoms with van der Waals surface area (Å²) >= 11 is 11.6. The summed E-state index contributed by atoms with van der Waals surface area (Å²) in [7, 11) is 0. The lowest BCUT2D eigenvalue weighted by Crippen LogP contribution is -2.48. The average Bonchev–Trinajstić information content (AvgIpc) is 1.77. The third-order valence-corrected chi connectivity index (χ3v) is 2.40. The minimum Gasteiger partial charge on any atom is -0.373 e. The fraction of sp³-hybridized carbons (Fsp3) is 0.714. The van der Waals surface area contributed by atoms with Gasteiger partial charge in [-0.2, -0.15) is 0 Å². The maximum Gasteiger partial charge on any atom is 0.159 e. The first-order valence-electron chi connectivity index (χ1n) is 3.39. The zero-order valence-corrected chi connectivity index (χ0v) is 8.96. The molecule has 0 aromatic carbocycles. The minimum atomic E-state index is -1.40. The van der Waals surface area contributed by atoms with E-state index in [1.807, 2.05) is 0 Å². The first kappa shape index (κ1) is 12.5. The summed E-state index contributed by atoms with van der Waals surface area (Å²) in [5, 5.41) is 8.09. The maximum absolute atomic E-state index is 9.48. The topological polar surface area (TPSA) is 46.2 Å². The van der Waals surface area contributed by atoms with Gasteiger partial charge in [-0.25, -0.2) is 0 Å². The van der Waals surface area contributed by atoms with Crippen molar-refractivity contribution in [3.05, 3.63) is 12.2 Å². The lowest BCUT2D eigenvalue weighted by molar-refractivity contribution is 0.0928. The minimum absolute atomic E-state index is 0. The molecule has 1 rings (SSSR count). The molecule has 1 aliphatic rings. The Kier molecular flexibility index (Phi) is 3.89. The molecule has 2 nitrogen and oxygen atoms in total. The molecule has 3 atom stereocenters. The number of aliphatic hydroxyl groups is 1. The summed E-state index contributed by atoms with van der Waals surface area (Å²) in [5.41, 5.74) is 5.51. The highest BCUT2D eigenvalue weighted by Crippen LogP contribution is 2.36. The quantitative estimate of drug-likeness (QED) is 0.492. The number of halogens is 3. The molecule has 0 saturated heterocycles. The van der Waals surface area contributed by atoms with Gasteiger partial charge < -0.3 is 10.8 Å². The van der Waals surface area contributed by atoms with E-state index < -0.39 is 16.0 Å². The van der Waals surface area contributed by atoms with E-state index in [9.17, 15) is 5.11 Å². The van der Waals surface area contributed by atoms with Gasteiger partial charge in [0, 0.05) is 6.42 Å². The molecule has 0 amide bonds. The fourth-order valence-corrected chi connectivity index (χ4v) is 1.81. The maximum atomic E-state index is 9.48. The lowest BCUT2D eigenvalue weighted by atomic mass is 9.91. The van der Waals surface area contributed by atoms with Crippen LogP contribution in [0, 0.1) is 0 Å². The van der Waals surface area contributed by atoms with Gasteiger partial charge in [-0.05, 0) is 6.92 Å². The van der Waals surface area contributed by atoms with E-state index in [4.69, 9.17) is 28.9 Å². The number of hydrogen-bond donors (Lipinski definition) is 2. The predicted molar refractivity (Wildman–Crippen MR) is 54.0 cm³/mol. The number of allylic oxidation sites excluding steroid dienone is 1. The molecule has 0 heterocycles. The summed E-state index contributed by atoms with van der Waals surface area (Å²) in [5.74, 6) is 0. The molecule has 0 aromatic heterocycles. The molecule has 0 bridgehead atoms. The van der Waals surface area contributed by atoms with Crippen LogP contribution in [0.1, 0.15) is 13.3 Å². The third kappa shape index (κ3) is 2.79. The van der Waals surface area contributed by atoms with Crippen LogP contribution in [0.3, 0.4) is 0 Å². The molecule has 12 heavy (non-hydrogen) atoms. The summed E-state index contributed by atoms with van der Waals surface area (Å²) in [4.78, 5) is -0.577. The molecule has 0 fully saturated rings. The largest absolute Gasteiger partial charge is 0.373 e. The first-order chi connectivity index (χ1) is 4.83. The highest BCUT2D eigenvalue weighted by Gasteiger charge is 2.40. The number of alkyl halides is 2. The van der Waals surface area contributed by atoms with Crippen molar-refractivity contribution < 1.29 is 5.11 Å². The van der Waals surface area contributed by atoms with Crippen molar-refractivity contribution in [1.82, 2.24) is 0 Å². The van der Waals surface area contributed by atoms with E-state index in [1.165, 1.54) is 0 Å². The Morgan fingerprint density at radius 3 is 2.42 bits per heavy atom. The number of hydrogen-bond acceptors (Lipinski definition) is 2. The Labute approximate surface area is 88.1 Å². The van der Waals surface area contributed by atoms with Gasteiger partial charge in [0.05, 0.1) is 10.9 Å². The van der Waals surface area contributed by atoms with E-state index >= 15 is 0 Å². The smallest absolute Gasteiger partial charge is 0.159 e. The van der Waals surface area contributed by atoms with Gasteiger partial charge in [0.2, 0.25) is 0 Å². The highest BCUT2D eigenvalue weighted by molar-refractivity contribution is 6.28. The zero-order valence-electron chi connectivity index (χ0n) is 6.63. The van der Waals surface area contributed by atoms with Crippen molar-refractivity contribution in [3.63, 3.8) is 0 Å². The molecule has 3 N–H and O–H groups in total. The highest BCUT2D eigenvalue weighted by atomic mass is 35.5. The van der Waals surface area contributed by atoms with Crippen LogP contribution in [0.15, 0.2) is 12.2 Å². The average molecular weight is 233 g/mol. The SMILES string of the molecule is CC1(Cl)C=CC(N)C(O)(Cl)C1.Cl. The van der Waals surface area contributed by atoms with Crippen molar-refractivity contribution in [1.29, 1.82) is 0 Å². The summed E-state index contributed by atoms with van der Waals surface area (Å²) in [6.45, 7) is 1.78. The second-order valence-corrected chi connectivity index (χ2v) is 4.68. The van der Waals surface area contributed by atoms with Crippen LogP contribution in [0.5, 0.6) is 0 Å². The summed E-state index contributed by atoms with van der Waals surface area (Å²) < 4.78 is 0. The molecule has 3 unspecified atom stereocenters. The van der Waals surface area contributed by atoms with Crippen molar-refractivity contribution in [2.45, 2.75) is 29.3 Å². The summed E-state index contributed by atoms with van der Waals surface area (Å²) in [6, 6.07) is -0.531. The van der Waals surface area contributed by atoms with Crippen LogP contribution < -0.4 is 5.73 Å². The number of rotatable bonds is 0. The molecule has 0 aliphatic heterocycles. The van der Waals surface area contributed by atoms with Crippen LogP contribution in [0.25, 0.3) is 0 Å². The van der Waals surface area contributed by atoms with E-state index in [0.29, 0.717) is 0 Å². The second kappa shape index (κ2) is 3.72. The van der Waals surface area contributed by atoms with Crippen LogP contribution in [0.2, 0.25) is 0 Å². The summed E-state index contributed by atoms with van der Waals surface area (Å²) in [6.07, 6.45) is 3.65. The standard InChI is InChI=1S/C7H11Cl2NO.ClH/c1-6(8)3-2-5(10)7(9,11)4-6;/h2-3,5,11H,4,10H2,1H3;1H. The van der Waals surface area contributed by atoms with E-state index in [2.05, 4.69) is 0 Å².